The van der Waals surface area contributed by atoms with Crippen molar-refractivity contribution in [3.63, 3.8) is 0 Å². The van der Waals surface area contributed by atoms with Crippen molar-refractivity contribution in [1.29, 1.82) is 0 Å². The molecular weight excluding hydrogens is 434 g/mol. The van der Waals surface area contributed by atoms with Gasteiger partial charge in [-0.25, -0.2) is 14.8 Å². The molecule has 7 nitrogen and oxygen atoms in total. The van der Waals surface area contributed by atoms with Gasteiger partial charge in [-0.15, -0.1) is 11.3 Å². The molecule has 0 atom stereocenters. The zero-order valence-corrected chi connectivity index (χ0v) is 19.0. The second kappa shape index (κ2) is 9.54. The summed E-state index contributed by atoms with van der Waals surface area (Å²) in [6, 6.07) is 16.4. The van der Waals surface area contributed by atoms with Gasteiger partial charge in [0.15, 0.2) is 0 Å². The summed E-state index contributed by atoms with van der Waals surface area (Å²) >= 11 is 1.49. The molecule has 3 aromatic heterocycles. The first-order chi connectivity index (χ1) is 16.2. The molecular formula is C25H25N5O2S. The highest BCUT2D eigenvalue weighted by Gasteiger charge is 2.25. The maximum atomic E-state index is 11.7. The van der Waals surface area contributed by atoms with Gasteiger partial charge in [0.05, 0.1) is 29.0 Å². The molecule has 0 radical (unpaired) electrons. The van der Waals surface area contributed by atoms with Crippen molar-refractivity contribution in [3.05, 3.63) is 71.3 Å². The predicted octanol–water partition coefficient (Wildman–Crippen LogP) is 5.15. The summed E-state index contributed by atoms with van der Waals surface area (Å²) < 4.78 is 0. The summed E-state index contributed by atoms with van der Waals surface area (Å²) in [7, 11) is 0. The van der Waals surface area contributed by atoms with Crippen LogP contribution in [0.1, 0.15) is 18.5 Å². The van der Waals surface area contributed by atoms with Crippen LogP contribution in [0.15, 0.2) is 65.6 Å². The van der Waals surface area contributed by atoms with Gasteiger partial charge in [0.1, 0.15) is 5.82 Å². The van der Waals surface area contributed by atoms with Crippen molar-refractivity contribution >= 4 is 34.2 Å². The van der Waals surface area contributed by atoms with Crippen LogP contribution in [0.5, 0.6) is 0 Å². The number of fused-ring (bicyclic) bond motifs is 1. The minimum Gasteiger partial charge on any atom is -0.465 e. The van der Waals surface area contributed by atoms with Gasteiger partial charge in [-0.3, -0.25) is 4.98 Å². The summed E-state index contributed by atoms with van der Waals surface area (Å²) in [4.78, 5) is 29.1. The van der Waals surface area contributed by atoms with E-state index in [0.29, 0.717) is 19.0 Å². The van der Waals surface area contributed by atoms with Crippen LogP contribution in [-0.4, -0.2) is 50.7 Å². The number of benzene rings is 1. The zero-order chi connectivity index (χ0) is 22.6. The lowest BCUT2D eigenvalue weighted by Crippen LogP contribution is -2.40. The first-order valence-electron chi connectivity index (χ1n) is 11.1. The van der Waals surface area contributed by atoms with Crippen LogP contribution in [0.3, 0.4) is 0 Å². The Kier molecular flexibility index (Phi) is 6.17. The minimum absolute atomic E-state index is 0.340. The maximum Gasteiger partial charge on any atom is 0.407 e. The Bertz CT molecular complexity index is 1240. The molecule has 33 heavy (non-hydrogen) atoms. The standard InChI is InChI=1S/C25H25N5O2S/c31-25(32)30(15-21-16-33-17-27-21)14-18-8-11-29(12-9-18)24-5-1-4-23(28-24)20-6-7-22-19(13-20)3-2-10-26-22/h1-7,10,13,16-18H,8-9,11-12,14-15H2,(H,31,32). The van der Waals surface area contributed by atoms with Gasteiger partial charge in [-0.2, -0.15) is 0 Å². The van der Waals surface area contributed by atoms with Crippen LogP contribution >= 0.6 is 11.3 Å². The number of hydrogen-bond donors (Lipinski definition) is 1. The lowest BCUT2D eigenvalue weighted by molar-refractivity contribution is 0.129. The van der Waals surface area contributed by atoms with Gasteiger partial charge in [0.25, 0.3) is 0 Å². The van der Waals surface area contributed by atoms with E-state index in [1.54, 1.807) is 11.7 Å². The summed E-state index contributed by atoms with van der Waals surface area (Å²) in [5.41, 5.74) is 5.55. The van der Waals surface area contributed by atoms with Crippen LogP contribution in [-0.2, 0) is 6.54 Å². The predicted molar refractivity (Wildman–Crippen MR) is 130 cm³/mol. The van der Waals surface area contributed by atoms with Crippen molar-refractivity contribution < 1.29 is 9.90 Å². The molecule has 1 amide bonds. The molecule has 0 spiro atoms. The van der Waals surface area contributed by atoms with Crippen molar-refractivity contribution in [2.45, 2.75) is 19.4 Å². The first-order valence-corrected chi connectivity index (χ1v) is 12.0. The summed E-state index contributed by atoms with van der Waals surface area (Å²) in [5.74, 6) is 1.31. The molecule has 5 rings (SSSR count). The number of pyridine rings is 2. The Hall–Kier alpha value is -3.52. The van der Waals surface area contributed by atoms with Crippen molar-refractivity contribution in [1.82, 2.24) is 19.9 Å². The van der Waals surface area contributed by atoms with Crippen LogP contribution in [0.4, 0.5) is 10.6 Å². The number of thiazole rings is 1. The largest absolute Gasteiger partial charge is 0.465 e. The average Bonchev–Trinajstić information content (AvgIpc) is 3.37. The van der Waals surface area contributed by atoms with E-state index < -0.39 is 6.09 Å². The van der Waals surface area contributed by atoms with Gasteiger partial charge in [0.2, 0.25) is 0 Å². The normalized spacial score (nSPS) is 14.5. The molecule has 1 N–H and O–H groups in total. The fourth-order valence-electron chi connectivity index (χ4n) is 4.37. The van der Waals surface area contributed by atoms with Gasteiger partial charge in [0, 0.05) is 42.2 Å². The Morgan fingerprint density at radius 2 is 2.00 bits per heavy atom. The minimum atomic E-state index is -0.884. The molecule has 1 aromatic carbocycles. The van der Waals surface area contributed by atoms with Crippen molar-refractivity contribution in [2.24, 2.45) is 5.92 Å². The van der Waals surface area contributed by atoms with Crippen molar-refractivity contribution in [3.8, 4) is 11.3 Å². The molecule has 0 unspecified atom stereocenters. The van der Waals surface area contributed by atoms with Crippen LogP contribution in [0.2, 0.25) is 0 Å². The molecule has 0 bridgehead atoms. The Morgan fingerprint density at radius 1 is 1.12 bits per heavy atom. The molecule has 0 saturated carbocycles. The van der Waals surface area contributed by atoms with E-state index in [2.05, 4.69) is 45.2 Å². The second-order valence-electron chi connectivity index (χ2n) is 8.37. The lowest BCUT2D eigenvalue weighted by Gasteiger charge is -2.34. The number of carbonyl (C=O) groups is 1. The number of anilines is 1. The van der Waals surface area contributed by atoms with E-state index in [1.165, 1.54) is 16.2 Å². The molecule has 1 fully saturated rings. The smallest absolute Gasteiger partial charge is 0.407 e. The van der Waals surface area contributed by atoms with E-state index >= 15 is 0 Å². The molecule has 0 aliphatic carbocycles. The third-order valence-corrected chi connectivity index (χ3v) is 6.79. The number of carboxylic acid groups (broad SMARTS) is 1. The third kappa shape index (κ3) is 4.96. The number of nitrogens with zero attached hydrogens (tertiary/aromatic N) is 5. The number of aromatic nitrogens is 3. The molecule has 168 valence electrons. The van der Waals surface area contributed by atoms with E-state index in [9.17, 15) is 9.90 Å². The SMILES string of the molecule is O=C(O)N(Cc1cscn1)CC1CCN(c2cccc(-c3ccc4ncccc4c3)n2)CC1. The van der Waals surface area contributed by atoms with Crippen LogP contribution < -0.4 is 4.90 Å². The Morgan fingerprint density at radius 3 is 2.79 bits per heavy atom. The quantitative estimate of drug-likeness (QED) is 0.429. The van der Waals surface area contributed by atoms with E-state index in [-0.39, 0.29) is 0 Å². The molecule has 1 aliphatic heterocycles. The number of rotatable bonds is 6. The summed E-state index contributed by atoms with van der Waals surface area (Å²) in [5, 5.41) is 12.6. The van der Waals surface area contributed by atoms with E-state index in [0.717, 1.165) is 59.6 Å². The fraction of sp³-hybridized carbons (Fsp3) is 0.280. The number of hydrogen-bond acceptors (Lipinski definition) is 6. The Balaban J connectivity index is 1.24. The molecule has 8 heteroatoms. The highest BCUT2D eigenvalue weighted by atomic mass is 32.1. The summed E-state index contributed by atoms with van der Waals surface area (Å²) in [6.45, 7) is 2.63. The molecule has 4 aromatic rings. The second-order valence-corrected chi connectivity index (χ2v) is 9.08. The fourth-order valence-corrected chi connectivity index (χ4v) is 4.92. The van der Waals surface area contributed by atoms with Gasteiger partial charge in [-0.05, 0) is 49.1 Å². The van der Waals surface area contributed by atoms with Gasteiger partial charge < -0.3 is 14.9 Å². The van der Waals surface area contributed by atoms with Crippen LogP contribution in [0.25, 0.3) is 22.2 Å². The molecule has 1 aliphatic rings. The van der Waals surface area contributed by atoms with Gasteiger partial charge in [-0.1, -0.05) is 18.2 Å². The van der Waals surface area contributed by atoms with E-state index in [4.69, 9.17) is 4.98 Å². The van der Waals surface area contributed by atoms with Gasteiger partial charge >= 0.3 is 6.09 Å². The monoisotopic (exact) mass is 459 g/mol. The molecule has 4 heterocycles. The van der Waals surface area contributed by atoms with Crippen LogP contribution in [0, 0.1) is 5.92 Å². The number of amides is 1. The first kappa shape index (κ1) is 21.3. The number of piperidine rings is 1. The zero-order valence-electron chi connectivity index (χ0n) is 18.2. The van der Waals surface area contributed by atoms with Crippen molar-refractivity contribution in [2.75, 3.05) is 24.5 Å². The highest BCUT2D eigenvalue weighted by Crippen LogP contribution is 2.27. The summed E-state index contributed by atoms with van der Waals surface area (Å²) in [6.07, 6.45) is 2.80. The maximum absolute atomic E-state index is 11.7. The molecule has 1 saturated heterocycles. The lowest BCUT2D eigenvalue weighted by atomic mass is 9.96. The highest BCUT2D eigenvalue weighted by molar-refractivity contribution is 7.07. The third-order valence-electron chi connectivity index (χ3n) is 6.16. The average molecular weight is 460 g/mol. The topological polar surface area (TPSA) is 82.5 Å². The Labute approximate surface area is 196 Å². The van der Waals surface area contributed by atoms with E-state index in [1.807, 2.05) is 23.6 Å².